The summed E-state index contributed by atoms with van der Waals surface area (Å²) in [5.74, 6) is -0.339. The van der Waals surface area contributed by atoms with Crippen LogP contribution in [0.15, 0.2) is 58.3 Å². The Balaban J connectivity index is 2.26. The van der Waals surface area contributed by atoms with Crippen LogP contribution in [0.5, 0.6) is 0 Å². The maximum Gasteiger partial charge on any atom is 0.240 e. The van der Waals surface area contributed by atoms with Crippen LogP contribution in [-0.4, -0.2) is 20.4 Å². The van der Waals surface area contributed by atoms with E-state index in [-0.39, 0.29) is 15.7 Å². The molecule has 2 aromatic carbocycles. The second-order valence-corrected chi connectivity index (χ2v) is 6.82. The third-order valence-electron chi connectivity index (χ3n) is 3.04. The van der Waals surface area contributed by atoms with Gasteiger partial charge in [-0.3, -0.25) is 4.79 Å². The predicted molar refractivity (Wildman–Crippen MR) is 85.0 cm³/mol. The number of benzene rings is 2. The van der Waals surface area contributed by atoms with Crippen molar-refractivity contribution in [2.75, 3.05) is 11.1 Å². The number of carbonyl (C=O) groups excluding carboxylic acids is 1. The zero-order valence-corrected chi connectivity index (χ0v) is 12.8. The molecule has 0 fully saturated rings. The quantitative estimate of drug-likeness (QED) is 0.737. The van der Waals surface area contributed by atoms with Gasteiger partial charge in [-0.25, -0.2) is 8.42 Å². The molecular formula is C15H17N3O3S. The largest absolute Gasteiger partial charge is 0.399 e. The minimum absolute atomic E-state index is 0.135. The van der Waals surface area contributed by atoms with Crippen molar-refractivity contribution in [3.05, 3.63) is 48.5 Å². The summed E-state index contributed by atoms with van der Waals surface area (Å²) in [6, 6.07) is 11.2. The number of sulfone groups is 1. The van der Waals surface area contributed by atoms with E-state index >= 15 is 0 Å². The molecule has 0 aliphatic heterocycles. The first-order valence-electron chi connectivity index (χ1n) is 6.58. The number of rotatable bonds is 4. The second kappa shape index (κ2) is 6.17. The van der Waals surface area contributed by atoms with Crippen LogP contribution in [0, 0.1) is 0 Å². The van der Waals surface area contributed by atoms with Gasteiger partial charge in [0.05, 0.1) is 15.8 Å². The SMILES string of the molecule is C[C@@H](N)C(=O)Nc1ccc(S(=O)(=O)c2ccc(N)cc2)cc1. The number of nitrogens with one attached hydrogen (secondary N) is 1. The highest BCUT2D eigenvalue weighted by molar-refractivity contribution is 7.91. The summed E-state index contributed by atoms with van der Waals surface area (Å²) in [5.41, 5.74) is 12.0. The van der Waals surface area contributed by atoms with Crippen molar-refractivity contribution in [2.24, 2.45) is 5.73 Å². The third kappa shape index (κ3) is 3.44. The molecule has 7 heteroatoms. The molecule has 2 rings (SSSR count). The molecular weight excluding hydrogens is 302 g/mol. The zero-order valence-electron chi connectivity index (χ0n) is 12.0. The number of nitrogens with two attached hydrogens (primary N) is 2. The number of hydrogen-bond acceptors (Lipinski definition) is 5. The molecule has 1 atom stereocenters. The lowest BCUT2D eigenvalue weighted by Gasteiger charge is -2.09. The van der Waals surface area contributed by atoms with E-state index in [1.165, 1.54) is 48.5 Å². The maximum absolute atomic E-state index is 12.4. The molecule has 22 heavy (non-hydrogen) atoms. The number of carbonyl (C=O) groups is 1. The van der Waals surface area contributed by atoms with Gasteiger partial charge in [0.2, 0.25) is 15.7 Å². The average molecular weight is 319 g/mol. The third-order valence-corrected chi connectivity index (χ3v) is 4.82. The first kappa shape index (κ1) is 16.0. The molecule has 0 heterocycles. The minimum Gasteiger partial charge on any atom is -0.399 e. The van der Waals surface area contributed by atoms with Gasteiger partial charge in [-0.05, 0) is 55.5 Å². The van der Waals surface area contributed by atoms with E-state index in [1.54, 1.807) is 6.92 Å². The van der Waals surface area contributed by atoms with Gasteiger partial charge in [0, 0.05) is 11.4 Å². The molecule has 6 nitrogen and oxygen atoms in total. The van der Waals surface area contributed by atoms with Gasteiger partial charge in [-0.2, -0.15) is 0 Å². The van der Waals surface area contributed by atoms with Crippen LogP contribution in [0.25, 0.3) is 0 Å². The lowest BCUT2D eigenvalue weighted by atomic mass is 10.3. The molecule has 0 saturated carbocycles. The fourth-order valence-electron chi connectivity index (χ4n) is 1.76. The smallest absolute Gasteiger partial charge is 0.240 e. The minimum atomic E-state index is -3.61. The molecule has 0 radical (unpaired) electrons. The van der Waals surface area contributed by atoms with Crippen molar-refractivity contribution in [1.82, 2.24) is 0 Å². The monoisotopic (exact) mass is 319 g/mol. The van der Waals surface area contributed by atoms with Crippen molar-refractivity contribution in [3.63, 3.8) is 0 Å². The molecule has 116 valence electrons. The van der Waals surface area contributed by atoms with E-state index in [0.29, 0.717) is 11.4 Å². The number of amides is 1. The van der Waals surface area contributed by atoms with Gasteiger partial charge in [0.15, 0.2) is 0 Å². The van der Waals surface area contributed by atoms with E-state index < -0.39 is 15.9 Å². The molecule has 0 saturated heterocycles. The lowest BCUT2D eigenvalue weighted by molar-refractivity contribution is -0.117. The van der Waals surface area contributed by atoms with E-state index in [0.717, 1.165) is 0 Å². The lowest BCUT2D eigenvalue weighted by Crippen LogP contribution is -2.32. The van der Waals surface area contributed by atoms with Crippen LogP contribution in [0.2, 0.25) is 0 Å². The standard InChI is InChI=1S/C15H17N3O3S/c1-10(16)15(19)18-12-4-8-14(9-5-12)22(20,21)13-6-2-11(17)3-7-13/h2-10H,16-17H2,1H3,(H,18,19)/t10-/m1/s1. The topological polar surface area (TPSA) is 115 Å². The highest BCUT2D eigenvalue weighted by Crippen LogP contribution is 2.23. The van der Waals surface area contributed by atoms with Crippen LogP contribution in [0.3, 0.4) is 0 Å². The van der Waals surface area contributed by atoms with Crippen molar-refractivity contribution in [2.45, 2.75) is 22.8 Å². The molecule has 0 aromatic heterocycles. The summed E-state index contributed by atoms with van der Waals surface area (Å²) in [5, 5.41) is 2.59. The van der Waals surface area contributed by atoms with E-state index in [4.69, 9.17) is 11.5 Å². The Morgan fingerprint density at radius 3 is 1.91 bits per heavy atom. The fraction of sp³-hybridized carbons (Fsp3) is 0.133. The molecule has 0 bridgehead atoms. The van der Waals surface area contributed by atoms with Crippen LogP contribution in [0.4, 0.5) is 11.4 Å². The molecule has 2 aromatic rings. The second-order valence-electron chi connectivity index (χ2n) is 4.87. The van der Waals surface area contributed by atoms with E-state index in [9.17, 15) is 13.2 Å². The summed E-state index contributed by atoms with van der Waals surface area (Å²) in [6.45, 7) is 1.56. The Kier molecular flexibility index (Phi) is 4.48. The summed E-state index contributed by atoms with van der Waals surface area (Å²) in [4.78, 5) is 11.8. The normalized spacial score (nSPS) is 12.6. The van der Waals surface area contributed by atoms with E-state index in [2.05, 4.69) is 5.32 Å². The van der Waals surface area contributed by atoms with Gasteiger partial charge in [-0.1, -0.05) is 0 Å². The van der Waals surface area contributed by atoms with Crippen molar-refractivity contribution >= 4 is 27.1 Å². The van der Waals surface area contributed by atoms with Crippen LogP contribution >= 0.6 is 0 Å². The van der Waals surface area contributed by atoms with Crippen LogP contribution in [-0.2, 0) is 14.6 Å². The Morgan fingerprint density at radius 2 is 1.45 bits per heavy atom. The number of anilines is 2. The fourth-order valence-corrected chi connectivity index (χ4v) is 3.02. The van der Waals surface area contributed by atoms with Crippen LogP contribution in [0.1, 0.15) is 6.92 Å². The first-order chi connectivity index (χ1) is 10.3. The van der Waals surface area contributed by atoms with Crippen molar-refractivity contribution in [3.8, 4) is 0 Å². The van der Waals surface area contributed by atoms with Crippen molar-refractivity contribution in [1.29, 1.82) is 0 Å². The Morgan fingerprint density at radius 1 is 1.00 bits per heavy atom. The molecule has 0 unspecified atom stereocenters. The first-order valence-corrected chi connectivity index (χ1v) is 8.06. The molecule has 1 amide bonds. The number of hydrogen-bond donors (Lipinski definition) is 3. The van der Waals surface area contributed by atoms with Crippen LogP contribution < -0.4 is 16.8 Å². The Bertz CT molecular complexity index is 767. The zero-order chi connectivity index (χ0) is 16.3. The van der Waals surface area contributed by atoms with Gasteiger partial charge in [0.25, 0.3) is 0 Å². The number of nitrogen functional groups attached to an aromatic ring is 1. The average Bonchev–Trinajstić information content (AvgIpc) is 2.48. The Hall–Kier alpha value is -2.38. The van der Waals surface area contributed by atoms with Gasteiger partial charge >= 0.3 is 0 Å². The van der Waals surface area contributed by atoms with Crippen molar-refractivity contribution < 1.29 is 13.2 Å². The summed E-state index contributed by atoms with van der Waals surface area (Å²) >= 11 is 0. The van der Waals surface area contributed by atoms with Gasteiger partial charge in [-0.15, -0.1) is 0 Å². The summed E-state index contributed by atoms with van der Waals surface area (Å²) in [6.07, 6.45) is 0. The summed E-state index contributed by atoms with van der Waals surface area (Å²) < 4.78 is 24.9. The molecule has 0 aliphatic rings. The molecule has 5 N–H and O–H groups in total. The summed E-state index contributed by atoms with van der Waals surface area (Å²) in [7, 11) is -3.61. The highest BCUT2D eigenvalue weighted by Gasteiger charge is 2.17. The highest BCUT2D eigenvalue weighted by atomic mass is 32.2. The Labute approximate surface area is 129 Å². The van der Waals surface area contributed by atoms with E-state index in [1.807, 2.05) is 0 Å². The molecule has 0 spiro atoms. The van der Waals surface area contributed by atoms with Gasteiger partial charge in [0.1, 0.15) is 0 Å². The predicted octanol–water partition coefficient (Wildman–Crippen LogP) is 1.39. The molecule has 0 aliphatic carbocycles. The maximum atomic E-state index is 12.4. The van der Waals surface area contributed by atoms with Gasteiger partial charge < -0.3 is 16.8 Å².